The monoisotopic (exact) mass is 242 g/mol. The van der Waals surface area contributed by atoms with E-state index in [1.165, 1.54) is 0 Å². The first-order valence-electron chi connectivity index (χ1n) is 5.85. The number of para-hydroxylation sites is 1. The smallest absolute Gasteiger partial charge is 0.325 e. The lowest BCUT2D eigenvalue weighted by Gasteiger charge is -2.04. The van der Waals surface area contributed by atoms with E-state index >= 15 is 0 Å². The van der Waals surface area contributed by atoms with E-state index in [0.717, 1.165) is 16.5 Å². The van der Waals surface area contributed by atoms with Crippen molar-refractivity contribution >= 4 is 16.9 Å². The molecule has 0 unspecified atom stereocenters. The lowest BCUT2D eigenvalue weighted by Crippen LogP contribution is -2.12. The molecule has 1 aromatic heterocycles. The number of rotatable bonds is 4. The predicted molar refractivity (Wildman–Crippen MR) is 67.9 cm³/mol. The molecule has 0 aliphatic heterocycles. The van der Waals surface area contributed by atoms with Gasteiger partial charge in [0.05, 0.1) is 19.1 Å². The highest BCUT2D eigenvalue weighted by Gasteiger charge is 2.10. The van der Waals surface area contributed by atoms with E-state index in [1.54, 1.807) is 6.92 Å². The lowest BCUT2D eigenvalue weighted by atomic mass is 10.1. The number of benzene rings is 1. The van der Waals surface area contributed by atoms with Crippen molar-refractivity contribution < 1.29 is 9.53 Å². The summed E-state index contributed by atoms with van der Waals surface area (Å²) in [6.07, 6.45) is 2.20. The SMILES string of the molecule is CCOC(=O)Cn1cc(CC#N)c2ccccc21. The zero-order valence-electron chi connectivity index (χ0n) is 10.2. The van der Waals surface area contributed by atoms with Crippen molar-refractivity contribution in [3.8, 4) is 6.07 Å². The van der Waals surface area contributed by atoms with Crippen LogP contribution in [0.5, 0.6) is 0 Å². The molecule has 0 aliphatic rings. The maximum absolute atomic E-state index is 11.5. The summed E-state index contributed by atoms with van der Waals surface area (Å²) < 4.78 is 6.77. The molecule has 0 fully saturated rings. The van der Waals surface area contributed by atoms with Crippen LogP contribution in [0.3, 0.4) is 0 Å². The number of hydrogen-bond acceptors (Lipinski definition) is 3. The molecule has 0 saturated carbocycles. The highest BCUT2D eigenvalue weighted by Crippen LogP contribution is 2.21. The summed E-state index contributed by atoms with van der Waals surface area (Å²) in [5, 5.41) is 9.82. The van der Waals surface area contributed by atoms with E-state index in [0.29, 0.717) is 13.0 Å². The molecule has 4 heteroatoms. The van der Waals surface area contributed by atoms with Crippen LogP contribution < -0.4 is 0 Å². The number of nitrogens with zero attached hydrogens (tertiary/aromatic N) is 2. The van der Waals surface area contributed by atoms with Crippen molar-refractivity contribution in [1.82, 2.24) is 4.57 Å². The van der Waals surface area contributed by atoms with Crippen LogP contribution in [0.25, 0.3) is 10.9 Å². The van der Waals surface area contributed by atoms with Gasteiger partial charge in [-0.25, -0.2) is 0 Å². The van der Waals surface area contributed by atoms with E-state index in [9.17, 15) is 4.79 Å². The third kappa shape index (κ3) is 2.35. The fraction of sp³-hybridized carbons (Fsp3) is 0.286. The summed E-state index contributed by atoms with van der Waals surface area (Å²) in [5.74, 6) is -0.262. The average Bonchev–Trinajstić information content (AvgIpc) is 2.69. The maximum Gasteiger partial charge on any atom is 0.325 e. The molecule has 92 valence electrons. The molecule has 4 nitrogen and oxygen atoms in total. The van der Waals surface area contributed by atoms with Gasteiger partial charge in [0.2, 0.25) is 0 Å². The zero-order valence-corrected chi connectivity index (χ0v) is 10.2. The van der Waals surface area contributed by atoms with Crippen LogP contribution >= 0.6 is 0 Å². The highest BCUT2D eigenvalue weighted by atomic mass is 16.5. The fourth-order valence-corrected chi connectivity index (χ4v) is 2.03. The third-order valence-corrected chi connectivity index (χ3v) is 2.75. The number of nitriles is 1. The average molecular weight is 242 g/mol. The van der Waals surface area contributed by atoms with Gasteiger partial charge in [-0.15, -0.1) is 0 Å². The summed E-state index contributed by atoms with van der Waals surface area (Å²) in [5.41, 5.74) is 1.90. The van der Waals surface area contributed by atoms with Gasteiger partial charge in [-0.1, -0.05) is 18.2 Å². The standard InChI is InChI=1S/C14H14N2O2/c1-2-18-14(17)10-16-9-11(7-8-15)12-5-3-4-6-13(12)16/h3-6,9H,2,7,10H2,1H3. The summed E-state index contributed by atoms with van der Waals surface area (Å²) in [4.78, 5) is 11.5. The molecule has 0 N–H and O–H groups in total. The van der Waals surface area contributed by atoms with Crippen LogP contribution in [0.15, 0.2) is 30.5 Å². The van der Waals surface area contributed by atoms with Crippen LogP contribution in [0.1, 0.15) is 12.5 Å². The van der Waals surface area contributed by atoms with Gasteiger partial charge in [0.1, 0.15) is 6.54 Å². The fourth-order valence-electron chi connectivity index (χ4n) is 2.03. The molecule has 1 heterocycles. The zero-order chi connectivity index (χ0) is 13.0. The van der Waals surface area contributed by atoms with E-state index in [4.69, 9.17) is 10.00 Å². The van der Waals surface area contributed by atoms with Crippen LogP contribution in [-0.4, -0.2) is 17.1 Å². The number of ether oxygens (including phenoxy) is 1. The second kappa shape index (κ2) is 5.37. The van der Waals surface area contributed by atoms with E-state index in [2.05, 4.69) is 6.07 Å². The minimum atomic E-state index is -0.262. The normalized spacial score (nSPS) is 10.2. The van der Waals surface area contributed by atoms with E-state index in [1.807, 2.05) is 35.0 Å². The number of aromatic nitrogens is 1. The number of fused-ring (bicyclic) bond motifs is 1. The summed E-state index contributed by atoms with van der Waals surface area (Å²) in [6.45, 7) is 2.34. The van der Waals surface area contributed by atoms with Crippen molar-refractivity contribution in [2.75, 3.05) is 6.61 Å². The van der Waals surface area contributed by atoms with Gasteiger partial charge in [0, 0.05) is 17.1 Å². The quantitative estimate of drug-likeness (QED) is 0.773. The molecular formula is C14H14N2O2. The topological polar surface area (TPSA) is 55.0 Å². The van der Waals surface area contributed by atoms with Gasteiger partial charge in [0.15, 0.2) is 0 Å². The van der Waals surface area contributed by atoms with Gasteiger partial charge in [-0.2, -0.15) is 5.26 Å². The van der Waals surface area contributed by atoms with Crippen molar-refractivity contribution in [3.63, 3.8) is 0 Å². The first-order valence-corrected chi connectivity index (χ1v) is 5.85. The van der Waals surface area contributed by atoms with Crippen molar-refractivity contribution in [3.05, 3.63) is 36.0 Å². The molecular weight excluding hydrogens is 228 g/mol. The Morgan fingerprint density at radius 1 is 1.44 bits per heavy atom. The van der Waals surface area contributed by atoms with Crippen LogP contribution in [-0.2, 0) is 22.5 Å². The minimum absolute atomic E-state index is 0.180. The van der Waals surface area contributed by atoms with Crippen molar-refractivity contribution in [2.24, 2.45) is 0 Å². The molecule has 0 amide bonds. The molecule has 0 saturated heterocycles. The Labute approximate surface area is 105 Å². The summed E-state index contributed by atoms with van der Waals surface area (Å²) >= 11 is 0. The van der Waals surface area contributed by atoms with E-state index < -0.39 is 0 Å². The predicted octanol–water partition coefficient (Wildman–Crippen LogP) is 2.27. The Morgan fingerprint density at radius 2 is 2.22 bits per heavy atom. The van der Waals surface area contributed by atoms with Crippen molar-refractivity contribution in [1.29, 1.82) is 5.26 Å². The molecule has 0 aliphatic carbocycles. The van der Waals surface area contributed by atoms with Crippen LogP contribution in [0, 0.1) is 11.3 Å². The molecule has 1 aromatic carbocycles. The van der Waals surface area contributed by atoms with Crippen molar-refractivity contribution in [2.45, 2.75) is 19.9 Å². The van der Waals surface area contributed by atoms with Crippen LogP contribution in [0.4, 0.5) is 0 Å². The number of carbonyl (C=O) groups excluding carboxylic acids is 1. The molecule has 0 bridgehead atoms. The maximum atomic E-state index is 11.5. The number of esters is 1. The van der Waals surface area contributed by atoms with Crippen LogP contribution in [0.2, 0.25) is 0 Å². The lowest BCUT2D eigenvalue weighted by molar-refractivity contribution is -0.143. The second-order valence-corrected chi connectivity index (χ2v) is 3.94. The van der Waals surface area contributed by atoms with Gasteiger partial charge in [0.25, 0.3) is 0 Å². The highest BCUT2D eigenvalue weighted by molar-refractivity contribution is 5.85. The Morgan fingerprint density at radius 3 is 2.94 bits per heavy atom. The van der Waals surface area contributed by atoms with Gasteiger partial charge < -0.3 is 9.30 Å². The minimum Gasteiger partial charge on any atom is -0.465 e. The Bertz CT molecular complexity index is 608. The molecule has 0 radical (unpaired) electrons. The number of carbonyl (C=O) groups is 1. The second-order valence-electron chi connectivity index (χ2n) is 3.94. The summed E-state index contributed by atoms with van der Waals surface area (Å²) in [7, 11) is 0. The molecule has 0 atom stereocenters. The Kier molecular flexibility index (Phi) is 3.63. The first-order chi connectivity index (χ1) is 8.76. The molecule has 18 heavy (non-hydrogen) atoms. The van der Waals surface area contributed by atoms with E-state index in [-0.39, 0.29) is 12.5 Å². The number of hydrogen-bond donors (Lipinski definition) is 0. The van der Waals surface area contributed by atoms with Gasteiger partial charge in [-0.3, -0.25) is 4.79 Å². The Balaban J connectivity index is 2.39. The Hall–Kier alpha value is -2.28. The largest absolute Gasteiger partial charge is 0.465 e. The molecule has 0 spiro atoms. The van der Waals surface area contributed by atoms with Gasteiger partial charge in [-0.05, 0) is 18.6 Å². The molecule has 2 aromatic rings. The third-order valence-electron chi connectivity index (χ3n) is 2.75. The first kappa shape index (κ1) is 12.2. The van der Waals surface area contributed by atoms with Gasteiger partial charge >= 0.3 is 5.97 Å². The molecule has 2 rings (SSSR count). The summed E-state index contributed by atoms with van der Waals surface area (Å²) in [6, 6.07) is 9.89.